The number of alkyl halides is 3. The van der Waals surface area contributed by atoms with E-state index in [2.05, 4.69) is 31.2 Å². The number of anilines is 2. The molecule has 0 spiro atoms. The number of rotatable bonds is 3. The standard InChI is InChI=1S/C25H25F3N8O/c1-15-16(2)23(33-36-22(15)31-32-24(36)25(26,27)28)35-7-5-20-18(13-35)10-19(12-30-20)34-8-9-37-21(14-34)17-4-3-6-29-11-17/h3-4,6,10-12,21H,5,7-9,13-14H2,1-2H3. The van der Waals surface area contributed by atoms with E-state index in [0.29, 0.717) is 44.0 Å². The van der Waals surface area contributed by atoms with Crippen molar-refractivity contribution in [1.29, 1.82) is 0 Å². The predicted octanol–water partition coefficient (Wildman–Crippen LogP) is 3.69. The van der Waals surface area contributed by atoms with Crippen LogP contribution in [0.3, 0.4) is 0 Å². The number of hydrogen-bond acceptors (Lipinski definition) is 8. The first kappa shape index (κ1) is 23.6. The lowest BCUT2D eigenvalue weighted by molar-refractivity contribution is -0.146. The smallest absolute Gasteiger partial charge is 0.370 e. The van der Waals surface area contributed by atoms with Gasteiger partial charge in [0.15, 0.2) is 11.5 Å². The highest BCUT2D eigenvalue weighted by Crippen LogP contribution is 2.33. The Hall–Kier alpha value is -3.80. The van der Waals surface area contributed by atoms with Crippen LogP contribution in [0.2, 0.25) is 0 Å². The Morgan fingerprint density at radius 2 is 1.92 bits per heavy atom. The van der Waals surface area contributed by atoms with E-state index in [1.807, 2.05) is 36.4 Å². The van der Waals surface area contributed by atoms with Gasteiger partial charge in [-0.15, -0.1) is 15.3 Å². The van der Waals surface area contributed by atoms with Crippen molar-refractivity contribution in [2.75, 3.05) is 36.0 Å². The summed E-state index contributed by atoms with van der Waals surface area (Å²) >= 11 is 0. The number of ether oxygens (including phenoxy) is 1. The molecular formula is C25H25F3N8O. The van der Waals surface area contributed by atoms with E-state index < -0.39 is 12.0 Å². The van der Waals surface area contributed by atoms with Gasteiger partial charge in [-0.25, -0.2) is 0 Å². The molecule has 0 bridgehead atoms. The summed E-state index contributed by atoms with van der Waals surface area (Å²) in [6.07, 6.45) is 1.40. The molecule has 37 heavy (non-hydrogen) atoms. The summed E-state index contributed by atoms with van der Waals surface area (Å²) in [5.74, 6) is -0.627. The van der Waals surface area contributed by atoms with Crippen molar-refractivity contribution in [3.8, 4) is 0 Å². The number of morpholine rings is 1. The highest BCUT2D eigenvalue weighted by Gasteiger charge is 2.38. The minimum atomic E-state index is -4.65. The van der Waals surface area contributed by atoms with E-state index in [0.717, 1.165) is 39.1 Å². The molecule has 1 atom stereocenters. The van der Waals surface area contributed by atoms with E-state index in [9.17, 15) is 13.2 Å². The lowest BCUT2D eigenvalue weighted by atomic mass is 10.0. The maximum Gasteiger partial charge on any atom is 0.453 e. The molecule has 1 fully saturated rings. The first-order chi connectivity index (χ1) is 17.8. The molecule has 0 N–H and O–H groups in total. The maximum absolute atomic E-state index is 13.5. The van der Waals surface area contributed by atoms with Gasteiger partial charge in [-0.1, -0.05) is 6.07 Å². The molecule has 0 amide bonds. The van der Waals surface area contributed by atoms with E-state index in [4.69, 9.17) is 9.72 Å². The molecule has 2 aliphatic rings. The fourth-order valence-corrected chi connectivity index (χ4v) is 5.01. The summed E-state index contributed by atoms with van der Waals surface area (Å²) < 4.78 is 47.3. The zero-order valence-corrected chi connectivity index (χ0v) is 20.4. The first-order valence-corrected chi connectivity index (χ1v) is 12.1. The second kappa shape index (κ2) is 8.94. The average molecular weight is 511 g/mol. The van der Waals surface area contributed by atoms with Crippen LogP contribution in [-0.4, -0.2) is 56.0 Å². The van der Waals surface area contributed by atoms with Crippen molar-refractivity contribution >= 4 is 17.2 Å². The van der Waals surface area contributed by atoms with Crippen LogP contribution in [0.1, 0.15) is 39.9 Å². The van der Waals surface area contributed by atoms with E-state index in [1.165, 1.54) is 0 Å². The van der Waals surface area contributed by atoms with Gasteiger partial charge in [0.2, 0.25) is 0 Å². The molecule has 1 unspecified atom stereocenters. The Bertz CT molecular complexity index is 1460. The van der Waals surface area contributed by atoms with Gasteiger partial charge >= 0.3 is 6.18 Å². The number of nitrogens with zero attached hydrogens (tertiary/aromatic N) is 8. The summed E-state index contributed by atoms with van der Waals surface area (Å²) in [5.41, 5.74) is 5.58. The topological polar surface area (TPSA) is 84.6 Å². The quantitative estimate of drug-likeness (QED) is 0.413. The number of aromatic nitrogens is 6. The van der Waals surface area contributed by atoms with E-state index in [-0.39, 0.29) is 11.8 Å². The Kier molecular flexibility index (Phi) is 5.70. The van der Waals surface area contributed by atoms with Gasteiger partial charge in [0, 0.05) is 67.4 Å². The largest absolute Gasteiger partial charge is 0.453 e. The molecule has 6 rings (SSSR count). The molecule has 1 saturated heterocycles. The predicted molar refractivity (Wildman–Crippen MR) is 129 cm³/mol. The molecule has 9 nitrogen and oxygen atoms in total. The van der Waals surface area contributed by atoms with Crippen molar-refractivity contribution in [3.63, 3.8) is 0 Å². The van der Waals surface area contributed by atoms with Gasteiger partial charge in [-0.05, 0) is 31.5 Å². The third-order valence-corrected chi connectivity index (χ3v) is 7.13. The Morgan fingerprint density at radius 1 is 1.05 bits per heavy atom. The first-order valence-electron chi connectivity index (χ1n) is 12.1. The summed E-state index contributed by atoms with van der Waals surface area (Å²) in [6, 6.07) is 6.04. The van der Waals surface area contributed by atoms with Crippen LogP contribution < -0.4 is 9.80 Å². The van der Waals surface area contributed by atoms with Gasteiger partial charge in [0.25, 0.3) is 5.82 Å². The molecule has 4 aromatic rings. The molecule has 12 heteroatoms. The van der Waals surface area contributed by atoms with Gasteiger partial charge in [0.1, 0.15) is 6.10 Å². The lowest BCUT2D eigenvalue weighted by Crippen LogP contribution is -2.39. The summed E-state index contributed by atoms with van der Waals surface area (Å²) in [5, 5.41) is 11.5. The zero-order valence-electron chi connectivity index (χ0n) is 20.4. The zero-order chi connectivity index (χ0) is 25.7. The van der Waals surface area contributed by atoms with Crippen LogP contribution in [0.15, 0.2) is 36.8 Å². The molecule has 0 aromatic carbocycles. The number of pyridine rings is 2. The van der Waals surface area contributed by atoms with Gasteiger partial charge < -0.3 is 14.5 Å². The second-order valence-corrected chi connectivity index (χ2v) is 9.39. The van der Waals surface area contributed by atoms with Crippen molar-refractivity contribution in [2.24, 2.45) is 0 Å². The molecular weight excluding hydrogens is 485 g/mol. The molecule has 192 valence electrons. The highest BCUT2D eigenvalue weighted by molar-refractivity contribution is 5.60. The normalized spacial score (nSPS) is 18.4. The molecule has 4 aromatic heterocycles. The summed E-state index contributed by atoms with van der Waals surface area (Å²) in [4.78, 5) is 13.2. The number of halogens is 3. The summed E-state index contributed by atoms with van der Waals surface area (Å²) in [7, 11) is 0. The SMILES string of the molecule is Cc1c(N2CCc3ncc(N4CCOC(c5cccnc5)C4)cc3C2)nn2c(C(F)(F)F)nnc2c1C. The van der Waals surface area contributed by atoms with Crippen LogP contribution in [0, 0.1) is 13.8 Å². The van der Waals surface area contributed by atoms with E-state index >= 15 is 0 Å². The monoisotopic (exact) mass is 510 g/mol. The average Bonchev–Trinajstić information content (AvgIpc) is 3.36. The number of aryl methyl sites for hydroxylation is 1. The van der Waals surface area contributed by atoms with Crippen LogP contribution in [-0.2, 0) is 23.9 Å². The Balaban J connectivity index is 1.29. The highest BCUT2D eigenvalue weighted by atomic mass is 19.4. The van der Waals surface area contributed by atoms with Crippen LogP contribution in [0.4, 0.5) is 24.7 Å². The molecule has 0 aliphatic carbocycles. The Labute approximate surface area is 210 Å². The van der Waals surface area contributed by atoms with Crippen molar-refractivity contribution in [1.82, 2.24) is 29.8 Å². The second-order valence-electron chi connectivity index (χ2n) is 9.39. The number of fused-ring (bicyclic) bond motifs is 2. The van der Waals surface area contributed by atoms with Crippen molar-refractivity contribution < 1.29 is 17.9 Å². The molecule has 0 saturated carbocycles. The van der Waals surface area contributed by atoms with Gasteiger partial charge in [-0.3, -0.25) is 9.97 Å². The van der Waals surface area contributed by atoms with Gasteiger partial charge in [0.05, 0.1) is 18.5 Å². The molecule has 0 radical (unpaired) electrons. The third-order valence-electron chi connectivity index (χ3n) is 7.13. The third kappa shape index (κ3) is 4.24. The van der Waals surface area contributed by atoms with Gasteiger partial charge in [-0.2, -0.15) is 17.7 Å². The molecule has 2 aliphatic heterocycles. The minimum Gasteiger partial charge on any atom is -0.370 e. The van der Waals surface area contributed by atoms with Crippen LogP contribution >= 0.6 is 0 Å². The fourth-order valence-electron chi connectivity index (χ4n) is 5.01. The van der Waals surface area contributed by atoms with Crippen molar-refractivity contribution in [3.05, 3.63) is 70.6 Å². The van der Waals surface area contributed by atoms with Crippen molar-refractivity contribution in [2.45, 2.75) is 39.1 Å². The lowest BCUT2D eigenvalue weighted by Gasteiger charge is -2.36. The fraction of sp³-hybridized carbons (Fsp3) is 0.400. The molecule has 6 heterocycles. The van der Waals surface area contributed by atoms with E-state index in [1.54, 1.807) is 13.1 Å². The van der Waals surface area contributed by atoms with Crippen LogP contribution in [0.25, 0.3) is 5.65 Å². The maximum atomic E-state index is 13.5. The van der Waals surface area contributed by atoms with Crippen LogP contribution in [0.5, 0.6) is 0 Å². The minimum absolute atomic E-state index is 0.0804. The summed E-state index contributed by atoms with van der Waals surface area (Å²) in [6.45, 7) is 6.71. The number of hydrogen-bond donors (Lipinski definition) is 0. The Morgan fingerprint density at radius 3 is 2.70 bits per heavy atom.